The minimum Gasteiger partial charge on any atom is -0.495 e. The highest BCUT2D eigenvalue weighted by atomic mass is 32.2. The lowest BCUT2D eigenvalue weighted by Gasteiger charge is -2.22. The second-order valence-corrected chi connectivity index (χ2v) is 8.29. The van der Waals surface area contributed by atoms with Crippen LogP contribution in [-0.4, -0.2) is 15.5 Å². The number of hydrogen-bond acceptors (Lipinski definition) is 3. The summed E-state index contributed by atoms with van der Waals surface area (Å²) in [5.74, 6) is -0.493. The van der Waals surface area contributed by atoms with Crippen LogP contribution >= 0.6 is 0 Å². The van der Waals surface area contributed by atoms with Gasteiger partial charge >= 0.3 is 0 Å². The van der Waals surface area contributed by atoms with Crippen LogP contribution in [0.5, 0.6) is 5.75 Å². The molecule has 6 heteroatoms. The van der Waals surface area contributed by atoms with Crippen LogP contribution < -0.4 is 9.46 Å². The molecule has 3 rings (SSSR count). The molecule has 1 unspecified atom stereocenters. The van der Waals surface area contributed by atoms with Crippen LogP contribution in [0.1, 0.15) is 48.9 Å². The first-order chi connectivity index (χ1) is 12.4. The van der Waals surface area contributed by atoms with Crippen LogP contribution in [0, 0.1) is 5.82 Å². The Morgan fingerprint density at radius 3 is 2.54 bits per heavy atom. The lowest BCUT2D eigenvalue weighted by atomic mass is 9.89. The molecule has 0 spiro atoms. The summed E-state index contributed by atoms with van der Waals surface area (Å²) in [5, 5.41) is 0. The predicted molar refractivity (Wildman–Crippen MR) is 99.4 cm³/mol. The van der Waals surface area contributed by atoms with Crippen molar-refractivity contribution in [1.82, 2.24) is 4.72 Å². The maximum absolute atomic E-state index is 13.6. The van der Waals surface area contributed by atoms with Crippen molar-refractivity contribution in [2.45, 2.75) is 50.0 Å². The van der Waals surface area contributed by atoms with Crippen molar-refractivity contribution >= 4 is 10.0 Å². The Morgan fingerprint density at radius 2 is 1.85 bits per heavy atom. The summed E-state index contributed by atoms with van der Waals surface area (Å²) in [6.45, 7) is 1.93. The van der Waals surface area contributed by atoms with Gasteiger partial charge in [-0.05, 0) is 67.0 Å². The predicted octanol–water partition coefficient (Wildman–Crippen LogP) is 4.14. The van der Waals surface area contributed by atoms with Crippen molar-refractivity contribution in [2.75, 3.05) is 7.11 Å². The van der Waals surface area contributed by atoms with Crippen LogP contribution in [0.2, 0.25) is 0 Å². The van der Waals surface area contributed by atoms with Gasteiger partial charge in [-0.2, -0.15) is 0 Å². The summed E-state index contributed by atoms with van der Waals surface area (Å²) in [6, 6.07) is 9.31. The number of nitrogens with one attached hydrogen (secondary N) is 1. The summed E-state index contributed by atoms with van der Waals surface area (Å²) >= 11 is 0. The summed E-state index contributed by atoms with van der Waals surface area (Å²) < 4.78 is 47.1. The van der Waals surface area contributed by atoms with E-state index in [9.17, 15) is 12.8 Å². The largest absolute Gasteiger partial charge is 0.495 e. The molecule has 1 atom stereocenters. The van der Waals surface area contributed by atoms with Gasteiger partial charge in [-0.3, -0.25) is 0 Å². The summed E-state index contributed by atoms with van der Waals surface area (Å²) in [6.07, 6.45) is 5.08. The number of hydrogen-bond donors (Lipinski definition) is 1. The van der Waals surface area contributed by atoms with Gasteiger partial charge in [-0.25, -0.2) is 17.5 Å². The molecule has 0 amide bonds. The molecule has 0 aliphatic heterocycles. The number of halogens is 1. The maximum Gasteiger partial charge on any atom is 0.244 e. The third kappa shape index (κ3) is 3.91. The quantitative estimate of drug-likeness (QED) is 0.823. The molecular formula is C20H24FNO3S. The van der Waals surface area contributed by atoms with Gasteiger partial charge in [0.05, 0.1) is 7.11 Å². The van der Waals surface area contributed by atoms with Crippen LogP contribution in [0.15, 0.2) is 41.3 Å². The smallest absolute Gasteiger partial charge is 0.244 e. The molecule has 140 valence electrons. The van der Waals surface area contributed by atoms with Crippen molar-refractivity contribution in [2.24, 2.45) is 0 Å². The molecule has 1 aliphatic rings. The van der Waals surface area contributed by atoms with Crippen molar-refractivity contribution in [3.8, 4) is 5.75 Å². The van der Waals surface area contributed by atoms with E-state index in [2.05, 4.69) is 16.9 Å². The van der Waals surface area contributed by atoms with Gasteiger partial charge in [0.25, 0.3) is 0 Å². The molecular weight excluding hydrogens is 353 g/mol. The van der Waals surface area contributed by atoms with Gasteiger partial charge in [-0.1, -0.05) is 25.1 Å². The van der Waals surface area contributed by atoms with Gasteiger partial charge in [-0.15, -0.1) is 0 Å². The molecule has 0 aromatic heterocycles. The second-order valence-electron chi connectivity index (χ2n) is 6.61. The minimum absolute atomic E-state index is 0.124. The third-order valence-electron chi connectivity index (χ3n) is 4.90. The molecule has 26 heavy (non-hydrogen) atoms. The van der Waals surface area contributed by atoms with E-state index >= 15 is 0 Å². The fraction of sp³-hybridized carbons (Fsp3) is 0.400. The molecule has 0 saturated carbocycles. The van der Waals surface area contributed by atoms with E-state index in [0.29, 0.717) is 6.42 Å². The van der Waals surface area contributed by atoms with Gasteiger partial charge in [0.15, 0.2) is 0 Å². The molecule has 1 aliphatic carbocycles. The number of methoxy groups -OCH3 is 1. The molecule has 0 heterocycles. The first-order valence-electron chi connectivity index (χ1n) is 8.92. The highest BCUT2D eigenvalue weighted by molar-refractivity contribution is 7.89. The van der Waals surface area contributed by atoms with Crippen LogP contribution in [0.25, 0.3) is 0 Å². The average Bonchev–Trinajstić information content (AvgIpc) is 2.65. The number of sulfonamides is 1. The Kier molecular flexibility index (Phi) is 5.63. The van der Waals surface area contributed by atoms with Gasteiger partial charge in [0, 0.05) is 6.04 Å². The van der Waals surface area contributed by atoms with Crippen LogP contribution in [-0.2, 0) is 22.9 Å². The number of fused-ring (bicyclic) bond motifs is 1. The summed E-state index contributed by atoms with van der Waals surface area (Å²) in [4.78, 5) is -0.184. The molecule has 2 aromatic carbocycles. The highest BCUT2D eigenvalue weighted by Crippen LogP contribution is 2.29. The van der Waals surface area contributed by atoms with E-state index < -0.39 is 15.8 Å². The molecule has 0 saturated heterocycles. The van der Waals surface area contributed by atoms with Gasteiger partial charge < -0.3 is 4.74 Å². The molecule has 0 radical (unpaired) electrons. The van der Waals surface area contributed by atoms with E-state index in [1.165, 1.54) is 43.2 Å². The standard InChI is InChI=1S/C20H24FNO3S/c1-3-18(16-9-8-14-6-4-5-7-15(14)12-16)22-26(23,24)20-13-17(21)10-11-19(20)25-2/h8-13,18,22H,3-7H2,1-2H3. The Balaban J connectivity index is 1.91. The van der Waals surface area contributed by atoms with Crippen LogP contribution in [0.3, 0.4) is 0 Å². The summed E-state index contributed by atoms with van der Waals surface area (Å²) in [5.41, 5.74) is 3.59. The van der Waals surface area contributed by atoms with E-state index in [1.807, 2.05) is 13.0 Å². The van der Waals surface area contributed by atoms with E-state index in [0.717, 1.165) is 24.5 Å². The second kappa shape index (κ2) is 7.76. The highest BCUT2D eigenvalue weighted by Gasteiger charge is 2.25. The van der Waals surface area contributed by atoms with Crippen molar-refractivity contribution in [3.63, 3.8) is 0 Å². The maximum atomic E-state index is 13.6. The first-order valence-corrected chi connectivity index (χ1v) is 10.4. The van der Waals surface area contributed by atoms with Crippen molar-refractivity contribution < 1.29 is 17.5 Å². The van der Waals surface area contributed by atoms with E-state index in [1.54, 1.807) is 0 Å². The molecule has 4 nitrogen and oxygen atoms in total. The number of aryl methyl sites for hydroxylation is 2. The van der Waals surface area contributed by atoms with E-state index in [4.69, 9.17) is 4.74 Å². The number of rotatable bonds is 6. The molecule has 0 fully saturated rings. The number of benzene rings is 2. The lowest BCUT2D eigenvalue weighted by Crippen LogP contribution is -2.29. The zero-order valence-electron chi connectivity index (χ0n) is 15.1. The minimum atomic E-state index is -3.92. The topological polar surface area (TPSA) is 55.4 Å². The zero-order chi connectivity index (χ0) is 18.7. The fourth-order valence-electron chi connectivity index (χ4n) is 3.47. The monoisotopic (exact) mass is 377 g/mol. The van der Waals surface area contributed by atoms with Crippen LogP contribution in [0.4, 0.5) is 4.39 Å². The van der Waals surface area contributed by atoms with Gasteiger partial charge in [0.2, 0.25) is 10.0 Å². The Labute approximate surface area is 154 Å². The Morgan fingerprint density at radius 1 is 1.12 bits per heavy atom. The van der Waals surface area contributed by atoms with Crippen molar-refractivity contribution in [1.29, 1.82) is 0 Å². The molecule has 2 aromatic rings. The number of ether oxygens (including phenoxy) is 1. The van der Waals surface area contributed by atoms with Crippen molar-refractivity contribution in [3.05, 3.63) is 58.9 Å². The SMILES string of the molecule is CCC(NS(=O)(=O)c1cc(F)ccc1OC)c1ccc2c(c1)CCCC2. The lowest BCUT2D eigenvalue weighted by molar-refractivity contribution is 0.400. The fourth-order valence-corrected chi connectivity index (χ4v) is 4.96. The first kappa shape index (κ1) is 18.9. The normalized spacial score (nSPS) is 15.3. The summed E-state index contributed by atoms with van der Waals surface area (Å²) in [7, 11) is -2.55. The van der Waals surface area contributed by atoms with Gasteiger partial charge in [0.1, 0.15) is 16.5 Å². The third-order valence-corrected chi connectivity index (χ3v) is 6.39. The molecule has 1 N–H and O–H groups in total. The Hall–Kier alpha value is -1.92. The van der Waals surface area contributed by atoms with E-state index in [-0.39, 0.29) is 16.7 Å². The molecule has 0 bridgehead atoms. The zero-order valence-corrected chi connectivity index (χ0v) is 15.9. The Bertz CT molecular complexity index is 896. The average molecular weight is 377 g/mol.